The molecule has 16 heavy (non-hydrogen) atoms. The highest BCUT2D eigenvalue weighted by molar-refractivity contribution is 6.73. The Morgan fingerprint density at radius 2 is 1.69 bits per heavy atom. The summed E-state index contributed by atoms with van der Waals surface area (Å²) < 4.78 is 6.50. The van der Waals surface area contributed by atoms with Gasteiger partial charge in [-0.2, -0.15) is 0 Å². The maximum Gasteiger partial charge on any atom is 0.192 e. The molecule has 0 aliphatic heterocycles. The van der Waals surface area contributed by atoms with Crippen molar-refractivity contribution in [1.82, 2.24) is 0 Å². The van der Waals surface area contributed by atoms with E-state index in [4.69, 9.17) is 4.43 Å². The fraction of sp³-hybridized carbons (Fsp3) is 0.857. The third-order valence-electron chi connectivity index (χ3n) is 3.66. The van der Waals surface area contributed by atoms with Gasteiger partial charge in [0.1, 0.15) is 0 Å². The van der Waals surface area contributed by atoms with E-state index in [0.29, 0.717) is 6.10 Å². The second kappa shape index (κ2) is 9.00. The first-order chi connectivity index (χ1) is 7.67. The SMILES string of the molecule is C=CCC(CCCC)O[Si](CC)(CC)CC. The Labute approximate surface area is 103 Å². The van der Waals surface area contributed by atoms with Gasteiger partial charge < -0.3 is 4.43 Å². The van der Waals surface area contributed by atoms with Crippen LogP contribution in [-0.4, -0.2) is 14.4 Å². The fourth-order valence-corrected chi connectivity index (χ4v) is 5.12. The van der Waals surface area contributed by atoms with E-state index in [9.17, 15) is 0 Å². The molecule has 0 bridgehead atoms. The van der Waals surface area contributed by atoms with Crippen LogP contribution in [0, 0.1) is 0 Å². The molecule has 0 aromatic carbocycles. The van der Waals surface area contributed by atoms with Crippen LogP contribution in [0.15, 0.2) is 12.7 Å². The molecule has 0 fully saturated rings. The third kappa shape index (κ3) is 5.31. The van der Waals surface area contributed by atoms with Crippen molar-refractivity contribution in [3.63, 3.8) is 0 Å². The van der Waals surface area contributed by atoms with E-state index in [2.05, 4.69) is 34.3 Å². The van der Waals surface area contributed by atoms with E-state index >= 15 is 0 Å². The number of hydrogen-bond donors (Lipinski definition) is 0. The summed E-state index contributed by atoms with van der Waals surface area (Å²) in [4.78, 5) is 0. The van der Waals surface area contributed by atoms with Crippen molar-refractivity contribution in [2.45, 2.75) is 77.6 Å². The Hall–Kier alpha value is -0.0831. The lowest BCUT2D eigenvalue weighted by molar-refractivity contribution is 0.176. The molecule has 0 aliphatic rings. The van der Waals surface area contributed by atoms with Crippen molar-refractivity contribution >= 4 is 8.32 Å². The van der Waals surface area contributed by atoms with Crippen molar-refractivity contribution in [2.75, 3.05) is 0 Å². The normalized spacial score (nSPS) is 13.8. The summed E-state index contributed by atoms with van der Waals surface area (Å²) >= 11 is 0. The standard InChI is InChI=1S/C14H30OSi/c1-6-11-13-14(12-7-2)15-16(8-3,9-4)10-5/h7,14H,2,6,8-13H2,1,3-5H3. The maximum absolute atomic E-state index is 6.50. The molecule has 0 saturated heterocycles. The molecule has 0 saturated carbocycles. The molecule has 1 atom stereocenters. The zero-order chi connectivity index (χ0) is 12.4. The molecule has 0 aromatic rings. The van der Waals surface area contributed by atoms with Crippen LogP contribution in [0.4, 0.5) is 0 Å². The van der Waals surface area contributed by atoms with Gasteiger partial charge in [-0.05, 0) is 31.0 Å². The molecule has 0 rings (SSSR count). The molecule has 0 radical (unpaired) electrons. The Morgan fingerprint density at radius 1 is 1.12 bits per heavy atom. The quantitative estimate of drug-likeness (QED) is 0.380. The Kier molecular flexibility index (Phi) is 8.95. The third-order valence-corrected chi connectivity index (χ3v) is 8.36. The van der Waals surface area contributed by atoms with Crippen LogP contribution in [0.3, 0.4) is 0 Å². The summed E-state index contributed by atoms with van der Waals surface area (Å²) in [5.41, 5.74) is 0. The molecule has 0 aliphatic carbocycles. The zero-order valence-electron chi connectivity index (χ0n) is 11.7. The van der Waals surface area contributed by atoms with E-state index in [-0.39, 0.29) is 0 Å². The average molecular weight is 242 g/mol. The lowest BCUT2D eigenvalue weighted by Gasteiger charge is -2.33. The minimum Gasteiger partial charge on any atom is -0.414 e. The monoisotopic (exact) mass is 242 g/mol. The second-order valence-electron chi connectivity index (χ2n) is 4.65. The largest absolute Gasteiger partial charge is 0.414 e. The zero-order valence-corrected chi connectivity index (χ0v) is 12.7. The molecule has 0 amide bonds. The summed E-state index contributed by atoms with van der Waals surface area (Å²) in [5.74, 6) is 0. The number of unbranched alkanes of at least 4 members (excludes halogenated alkanes) is 1. The minimum atomic E-state index is -1.42. The lowest BCUT2D eigenvalue weighted by Crippen LogP contribution is -2.39. The molecule has 1 unspecified atom stereocenters. The first kappa shape index (κ1) is 15.9. The number of rotatable bonds is 10. The Balaban J connectivity index is 4.36. The molecular formula is C14H30OSi. The van der Waals surface area contributed by atoms with E-state index in [1.165, 1.54) is 37.4 Å². The van der Waals surface area contributed by atoms with Gasteiger partial charge in [-0.1, -0.05) is 46.6 Å². The maximum atomic E-state index is 6.50. The van der Waals surface area contributed by atoms with Gasteiger partial charge in [0.05, 0.1) is 0 Å². The Bertz CT molecular complexity index is 167. The van der Waals surface area contributed by atoms with Crippen molar-refractivity contribution in [3.05, 3.63) is 12.7 Å². The first-order valence-electron chi connectivity index (χ1n) is 6.96. The summed E-state index contributed by atoms with van der Waals surface area (Å²) in [6.07, 6.45) is 7.21. The van der Waals surface area contributed by atoms with Crippen LogP contribution in [0.1, 0.15) is 53.4 Å². The van der Waals surface area contributed by atoms with Gasteiger partial charge in [0, 0.05) is 6.10 Å². The van der Waals surface area contributed by atoms with Crippen LogP contribution in [0.5, 0.6) is 0 Å². The van der Waals surface area contributed by atoms with Gasteiger partial charge >= 0.3 is 0 Å². The van der Waals surface area contributed by atoms with Crippen molar-refractivity contribution in [2.24, 2.45) is 0 Å². The van der Waals surface area contributed by atoms with Crippen LogP contribution >= 0.6 is 0 Å². The molecule has 1 nitrogen and oxygen atoms in total. The average Bonchev–Trinajstić information content (AvgIpc) is 2.33. The highest BCUT2D eigenvalue weighted by atomic mass is 28.4. The van der Waals surface area contributed by atoms with Gasteiger partial charge in [0.25, 0.3) is 0 Å². The van der Waals surface area contributed by atoms with Crippen LogP contribution in [-0.2, 0) is 4.43 Å². The van der Waals surface area contributed by atoms with E-state index in [1.54, 1.807) is 0 Å². The van der Waals surface area contributed by atoms with Gasteiger partial charge in [-0.15, -0.1) is 6.58 Å². The van der Waals surface area contributed by atoms with E-state index in [1.807, 2.05) is 6.08 Å². The molecule has 0 N–H and O–H groups in total. The van der Waals surface area contributed by atoms with Gasteiger partial charge in [-0.25, -0.2) is 0 Å². The summed E-state index contributed by atoms with van der Waals surface area (Å²) in [5, 5.41) is 0. The molecule has 96 valence electrons. The Morgan fingerprint density at radius 3 is 2.06 bits per heavy atom. The van der Waals surface area contributed by atoms with Crippen LogP contribution < -0.4 is 0 Å². The van der Waals surface area contributed by atoms with Crippen LogP contribution in [0.25, 0.3) is 0 Å². The fourth-order valence-electron chi connectivity index (χ4n) is 2.20. The van der Waals surface area contributed by atoms with Gasteiger partial charge in [0.15, 0.2) is 8.32 Å². The van der Waals surface area contributed by atoms with Crippen molar-refractivity contribution < 1.29 is 4.43 Å². The smallest absolute Gasteiger partial charge is 0.192 e. The highest BCUT2D eigenvalue weighted by Crippen LogP contribution is 2.26. The van der Waals surface area contributed by atoms with Gasteiger partial charge in [0.2, 0.25) is 0 Å². The number of hydrogen-bond acceptors (Lipinski definition) is 1. The van der Waals surface area contributed by atoms with Crippen molar-refractivity contribution in [3.8, 4) is 0 Å². The molecule has 0 heterocycles. The topological polar surface area (TPSA) is 9.23 Å². The second-order valence-corrected chi connectivity index (χ2v) is 9.37. The highest BCUT2D eigenvalue weighted by Gasteiger charge is 2.31. The predicted octanol–water partition coefficient (Wildman–Crippen LogP) is 5.14. The predicted molar refractivity (Wildman–Crippen MR) is 76.4 cm³/mol. The molecular weight excluding hydrogens is 212 g/mol. The van der Waals surface area contributed by atoms with E-state index < -0.39 is 8.32 Å². The summed E-state index contributed by atoms with van der Waals surface area (Å²) in [6, 6.07) is 3.75. The first-order valence-corrected chi connectivity index (χ1v) is 9.49. The van der Waals surface area contributed by atoms with Crippen LogP contribution in [0.2, 0.25) is 18.1 Å². The van der Waals surface area contributed by atoms with Crippen molar-refractivity contribution in [1.29, 1.82) is 0 Å². The minimum absolute atomic E-state index is 0.434. The molecule has 0 spiro atoms. The van der Waals surface area contributed by atoms with E-state index in [0.717, 1.165) is 6.42 Å². The summed E-state index contributed by atoms with van der Waals surface area (Å²) in [6.45, 7) is 13.0. The molecule has 2 heteroatoms. The molecule has 0 aromatic heterocycles. The summed E-state index contributed by atoms with van der Waals surface area (Å²) in [7, 11) is -1.42. The van der Waals surface area contributed by atoms with Gasteiger partial charge in [-0.3, -0.25) is 0 Å². The lowest BCUT2D eigenvalue weighted by atomic mass is 10.1.